The Balaban J connectivity index is 1.64. The first kappa shape index (κ1) is 19.8. The van der Waals surface area contributed by atoms with Crippen molar-refractivity contribution in [2.75, 3.05) is 0 Å². The Bertz CT molecular complexity index is 1260. The van der Waals surface area contributed by atoms with Crippen molar-refractivity contribution in [3.05, 3.63) is 88.5 Å². The van der Waals surface area contributed by atoms with Crippen molar-refractivity contribution in [3.8, 4) is 0 Å². The van der Waals surface area contributed by atoms with E-state index in [-0.39, 0.29) is 24.1 Å². The maximum Gasteiger partial charge on any atom is 0.258 e. The summed E-state index contributed by atoms with van der Waals surface area (Å²) in [6.45, 7) is 4.36. The summed E-state index contributed by atoms with van der Waals surface area (Å²) in [7, 11) is 0. The second-order valence-electron chi connectivity index (χ2n) is 7.62. The molecule has 0 radical (unpaired) electrons. The fraction of sp³-hybridized carbons (Fsp3) is 0.240. The summed E-state index contributed by atoms with van der Waals surface area (Å²) >= 11 is 0. The molecule has 0 saturated heterocycles. The molecular weight excluding hydrogens is 374 g/mol. The summed E-state index contributed by atoms with van der Waals surface area (Å²) < 4.78 is 0. The van der Waals surface area contributed by atoms with E-state index < -0.39 is 0 Å². The quantitative estimate of drug-likeness (QED) is 0.521. The van der Waals surface area contributed by atoms with Gasteiger partial charge in [-0.25, -0.2) is 4.98 Å². The summed E-state index contributed by atoms with van der Waals surface area (Å²) in [6.07, 6.45) is 1.13. The van der Waals surface area contributed by atoms with Crippen LogP contribution < -0.4 is 5.56 Å². The van der Waals surface area contributed by atoms with Gasteiger partial charge in [0.05, 0.1) is 23.9 Å². The number of aromatic nitrogens is 2. The van der Waals surface area contributed by atoms with Crippen LogP contribution in [0.5, 0.6) is 0 Å². The number of para-hydroxylation sites is 1. The summed E-state index contributed by atoms with van der Waals surface area (Å²) in [5.41, 5.74) is 1.47. The monoisotopic (exact) mass is 399 g/mol. The SMILES string of the molecule is CC[C@@H](C)N(Cc1nc2ccccc2c(=O)[nH]1)C(=O)Cc1cccc2ccccc12. The van der Waals surface area contributed by atoms with Crippen LogP contribution in [-0.4, -0.2) is 26.8 Å². The molecule has 4 aromatic rings. The van der Waals surface area contributed by atoms with Crippen molar-refractivity contribution < 1.29 is 4.79 Å². The molecule has 0 saturated carbocycles. The Morgan fingerprint density at radius 2 is 1.70 bits per heavy atom. The van der Waals surface area contributed by atoms with Crippen LogP contribution in [0.25, 0.3) is 21.7 Å². The average Bonchev–Trinajstić information content (AvgIpc) is 2.77. The molecule has 1 amide bonds. The van der Waals surface area contributed by atoms with Gasteiger partial charge in [0.1, 0.15) is 5.82 Å². The first-order chi connectivity index (χ1) is 14.6. The second-order valence-corrected chi connectivity index (χ2v) is 7.62. The third-order valence-corrected chi connectivity index (χ3v) is 5.65. The number of aromatic amines is 1. The van der Waals surface area contributed by atoms with Gasteiger partial charge in [0.15, 0.2) is 0 Å². The van der Waals surface area contributed by atoms with Crippen LogP contribution in [-0.2, 0) is 17.8 Å². The van der Waals surface area contributed by atoms with Gasteiger partial charge in [-0.15, -0.1) is 0 Å². The van der Waals surface area contributed by atoms with E-state index in [1.807, 2.05) is 60.4 Å². The zero-order valence-electron chi connectivity index (χ0n) is 17.3. The van der Waals surface area contributed by atoms with E-state index in [2.05, 4.69) is 29.0 Å². The van der Waals surface area contributed by atoms with E-state index >= 15 is 0 Å². The number of fused-ring (bicyclic) bond motifs is 2. The zero-order chi connectivity index (χ0) is 21.1. The number of nitrogens with one attached hydrogen (secondary N) is 1. The Morgan fingerprint density at radius 1 is 1.00 bits per heavy atom. The highest BCUT2D eigenvalue weighted by atomic mass is 16.2. The van der Waals surface area contributed by atoms with Gasteiger partial charge in [-0.2, -0.15) is 0 Å². The molecule has 1 heterocycles. The highest BCUT2D eigenvalue weighted by molar-refractivity contribution is 5.90. The number of H-pyrrole nitrogens is 1. The molecule has 0 unspecified atom stereocenters. The fourth-order valence-corrected chi connectivity index (χ4v) is 3.79. The summed E-state index contributed by atoms with van der Waals surface area (Å²) in [5.74, 6) is 0.529. The highest BCUT2D eigenvalue weighted by Crippen LogP contribution is 2.21. The van der Waals surface area contributed by atoms with Crippen molar-refractivity contribution >= 4 is 27.6 Å². The van der Waals surface area contributed by atoms with Gasteiger partial charge < -0.3 is 9.88 Å². The standard InChI is InChI=1S/C25H25N3O2/c1-3-17(2)28(16-23-26-22-14-7-6-13-21(22)25(30)27-23)24(29)15-19-11-8-10-18-9-4-5-12-20(18)19/h4-14,17H,3,15-16H2,1-2H3,(H,26,27,30)/t17-/m1/s1. The molecule has 0 aliphatic heterocycles. The molecule has 4 rings (SSSR count). The van der Waals surface area contributed by atoms with Gasteiger partial charge in [0.2, 0.25) is 5.91 Å². The van der Waals surface area contributed by atoms with Gasteiger partial charge >= 0.3 is 0 Å². The molecule has 0 aliphatic carbocycles. The Morgan fingerprint density at radius 3 is 2.50 bits per heavy atom. The Kier molecular flexibility index (Phi) is 5.61. The highest BCUT2D eigenvalue weighted by Gasteiger charge is 2.21. The van der Waals surface area contributed by atoms with Crippen molar-refractivity contribution in [2.45, 2.75) is 39.3 Å². The molecule has 0 spiro atoms. The summed E-state index contributed by atoms with van der Waals surface area (Å²) in [4.78, 5) is 35.0. The van der Waals surface area contributed by atoms with E-state index in [9.17, 15) is 9.59 Å². The molecule has 5 heteroatoms. The minimum atomic E-state index is -0.179. The Hall–Kier alpha value is -3.47. The molecule has 0 aliphatic rings. The van der Waals surface area contributed by atoms with Crippen LogP contribution in [0.2, 0.25) is 0 Å². The van der Waals surface area contributed by atoms with Crippen LogP contribution in [0, 0.1) is 0 Å². The summed E-state index contributed by atoms with van der Waals surface area (Å²) in [6, 6.07) is 21.4. The van der Waals surface area contributed by atoms with Gasteiger partial charge in [0, 0.05) is 6.04 Å². The first-order valence-electron chi connectivity index (χ1n) is 10.3. The first-order valence-corrected chi connectivity index (χ1v) is 10.3. The van der Waals surface area contributed by atoms with Crippen LogP contribution in [0.3, 0.4) is 0 Å². The molecule has 1 aromatic heterocycles. The largest absolute Gasteiger partial charge is 0.332 e. The van der Waals surface area contributed by atoms with E-state index in [4.69, 9.17) is 0 Å². The molecule has 30 heavy (non-hydrogen) atoms. The van der Waals surface area contributed by atoms with Crippen LogP contribution in [0.1, 0.15) is 31.7 Å². The number of amides is 1. The predicted octanol–water partition coefficient (Wildman–Crippen LogP) is 4.45. The molecular formula is C25H25N3O2. The van der Waals surface area contributed by atoms with Gasteiger partial charge in [-0.3, -0.25) is 9.59 Å². The third-order valence-electron chi connectivity index (χ3n) is 5.65. The van der Waals surface area contributed by atoms with E-state index in [0.717, 1.165) is 22.8 Å². The lowest BCUT2D eigenvalue weighted by Gasteiger charge is -2.28. The Labute approximate surface area is 175 Å². The lowest BCUT2D eigenvalue weighted by Crippen LogP contribution is -2.39. The van der Waals surface area contributed by atoms with Gasteiger partial charge in [-0.05, 0) is 41.8 Å². The van der Waals surface area contributed by atoms with E-state index in [1.54, 1.807) is 6.07 Å². The number of carbonyl (C=O) groups excluding carboxylic acids is 1. The minimum Gasteiger partial charge on any atom is -0.332 e. The second kappa shape index (κ2) is 8.49. The minimum absolute atomic E-state index is 0.0245. The third kappa shape index (κ3) is 3.96. The van der Waals surface area contributed by atoms with Crippen molar-refractivity contribution in [2.24, 2.45) is 0 Å². The number of carbonyl (C=O) groups is 1. The smallest absolute Gasteiger partial charge is 0.258 e. The number of hydrogen-bond acceptors (Lipinski definition) is 3. The zero-order valence-corrected chi connectivity index (χ0v) is 17.3. The lowest BCUT2D eigenvalue weighted by atomic mass is 10.0. The predicted molar refractivity (Wildman–Crippen MR) is 120 cm³/mol. The molecule has 0 fully saturated rings. The van der Waals surface area contributed by atoms with Crippen molar-refractivity contribution in [1.29, 1.82) is 0 Å². The average molecular weight is 399 g/mol. The van der Waals surface area contributed by atoms with Crippen molar-refractivity contribution in [1.82, 2.24) is 14.9 Å². The summed E-state index contributed by atoms with van der Waals surface area (Å²) in [5, 5.41) is 2.77. The van der Waals surface area contributed by atoms with Gasteiger partial charge in [-0.1, -0.05) is 61.5 Å². The topological polar surface area (TPSA) is 66.1 Å². The fourth-order valence-electron chi connectivity index (χ4n) is 3.79. The maximum atomic E-state index is 13.3. The van der Waals surface area contributed by atoms with Gasteiger partial charge in [0.25, 0.3) is 5.56 Å². The van der Waals surface area contributed by atoms with Crippen LogP contribution in [0.15, 0.2) is 71.5 Å². The maximum absolute atomic E-state index is 13.3. The molecule has 5 nitrogen and oxygen atoms in total. The van der Waals surface area contributed by atoms with E-state index in [1.165, 1.54) is 0 Å². The number of hydrogen-bond donors (Lipinski definition) is 1. The molecule has 152 valence electrons. The number of rotatable bonds is 6. The van der Waals surface area contributed by atoms with Crippen LogP contribution >= 0.6 is 0 Å². The number of nitrogens with zero attached hydrogens (tertiary/aromatic N) is 2. The lowest BCUT2D eigenvalue weighted by molar-refractivity contribution is -0.133. The van der Waals surface area contributed by atoms with Crippen molar-refractivity contribution in [3.63, 3.8) is 0 Å². The molecule has 1 atom stereocenters. The molecule has 3 aromatic carbocycles. The van der Waals surface area contributed by atoms with Crippen LogP contribution in [0.4, 0.5) is 0 Å². The van der Waals surface area contributed by atoms with E-state index in [0.29, 0.717) is 23.1 Å². The normalized spacial score (nSPS) is 12.2. The molecule has 1 N–H and O–H groups in total. The molecule has 0 bridgehead atoms. The number of benzene rings is 3.